The number of aliphatic hydroxyl groups is 3. The molecule has 2 heterocycles. The standard InChI is InChI=1S/C10H19NO3.C9H19NO3.C8H15NO3.C8H17NO2.C7H15NO2.C6H13NO2.C6H12O2.C4H8O3.C3H6O2.CH4/c1-9(12)14-8-10(13)7-11-5-3-2-4-6-11;1-3-4-10(5-7-11)6-8-13-9(2)12;1-8(10)12-7-4-9-2-5-11-6-3-9;1-8(10)11-7-5-4-6-9(2)3;1-7(9)10-6-4-5-8(2)3;1-6(8)9-5-4-7(2)3;1-5(7)8-6(2,3)4;1-4(6)7-3-2-5;1-3(4)5-2;/h10,13H,2-8H2,1H3;11H,3-8H2,1-2H3;2-7H2,1H3;4-7H2,1-3H3;4-6H2,1-3H3;4-5H2,1-3H3;1-4H3;5H,2-3H2,1H3;1-2H3;1H4. The number of morpholine rings is 1. The third-order valence-corrected chi connectivity index (χ3v) is 10.2. The summed E-state index contributed by atoms with van der Waals surface area (Å²) in [6.45, 7) is 35.0. The topological polar surface area (TPSA) is 326 Å². The number of carbonyl (C=O) groups is 9. The minimum atomic E-state index is -0.544. The lowest BCUT2D eigenvalue weighted by molar-refractivity contribution is -0.152. The molecule has 2 aliphatic heterocycles. The second-order valence-electron chi connectivity index (χ2n) is 21.5. The van der Waals surface area contributed by atoms with E-state index in [-0.39, 0.29) is 93.2 Å². The number of piperidine rings is 1. The van der Waals surface area contributed by atoms with E-state index in [9.17, 15) is 48.3 Å². The molecule has 0 spiro atoms. The average Bonchev–Trinajstić information content (AvgIpc) is 3.65. The molecule has 28 nitrogen and oxygen atoms in total. The Kier molecular flexibility index (Phi) is 81.8. The fourth-order valence-electron chi connectivity index (χ4n) is 6.30. The van der Waals surface area contributed by atoms with Crippen LogP contribution in [0.4, 0.5) is 0 Å². The van der Waals surface area contributed by atoms with Crippen LogP contribution in [0, 0.1) is 0 Å². The predicted octanol–water partition coefficient (Wildman–Crippen LogP) is 3.74. The number of hydrogen-bond acceptors (Lipinski definition) is 28. The number of rotatable bonds is 28. The zero-order chi connectivity index (χ0) is 70.0. The molecule has 538 valence electrons. The molecule has 0 radical (unpaired) electrons. The van der Waals surface area contributed by atoms with Crippen molar-refractivity contribution >= 4 is 53.7 Å². The highest BCUT2D eigenvalue weighted by Gasteiger charge is 2.16. The lowest BCUT2D eigenvalue weighted by Crippen LogP contribution is -2.38. The number of nitrogens with zero attached hydrogens (tertiary/aromatic N) is 6. The Labute approximate surface area is 542 Å². The van der Waals surface area contributed by atoms with Gasteiger partial charge in [-0.1, -0.05) is 20.8 Å². The number of likely N-dealkylation sites (tertiary alicyclic amines) is 1. The third-order valence-electron chi connectivity index (χ3n) is 10.2. The molecule has 0 saturated carbocycles. The average molecular weight is 1310 g/mol. The molecular formula is C62H128N6O22. The minimum Gasteiger partial charge on any atom is -0.469 e. The molecule has 2 rings (SSSR count). The summed E-state index contributed by atoms with van der Waals surface area (Å²) in [5.41, 5.74) is -0.328. The fraction of sp³-hybridized carbons (Fsp3) is 0.855. The van der Waals surface area contributed by atoms with E-state index in [0.717, 1.165) is 97.8 Å². The summed E-state index contributed by atoms with van der Waals surface area (Å²) in [5, 5.41) is 26.3. The SMILES string of the molecule is C.CC(=O)OC(C)(C)C.CC(=O)OCC(O)CN1CCCCC1.CC(=O)OCCCCN(C)C.CC(=O)OCCCN(C)C.CC(=O)OCCN(C)C.CC(=O)OCCN1CCOCC1.CC(=O)OCCO.CCCN(CCO)CCOC(C)=O.COC(C)=O. The van der Waals surface area contributed by atoms with Crippen LogP contribution in [-0.4, -0.2) is 311 Å². The van der Waals surface area contributed by atoms with Gasteiger partial charge >= 0.3 is 53.7 Å². The Morgan fingerprint density at radius 1 is 0.467 bits per heavy atom. The summed E-state index contributed by atoms with van der Waals surface area (Å²) in [6.07, 6.45) is 7.15. The summed E-state index contributed by atoms with van der Waals surface area (Å²) < 4.78 is 46.9. The van der Waals surface area contributed by atoms with Gasteiger partial charge in [0.1, 0.15) is 44.7 Å². The quantitative estimate of drug-likeness (QED) is 0.0571. The molecule has 0 aromatic heterocycles. The van der Waals surface area contributed by atoms with Crippen molar-refractivity contribution in [2.24, 2.45) is 0 Å². The summed E-state index contributed by atoms with van der Waals surface area (Å²) in [4.78, 5) is 104. The van der Waals surface area contributed by atoms with E-state index in [2.05, 4.69) is 45.6 Å². The summed E-state index contributed by atoms with van der Waals surface area (Å²) in [7, 11) is 13.3. The zero-order valence-corrected chi connectivity index (χ0v) is 58.6. The van der Waals surface area contributed by atoms with Gasteiger partial charge in [0.15, 0.2) is 0 Å². The molecule has 28 heteroatoms. The molecule has 2 aliphatic rings. The first-order valence-electron chi connectivity index (χ1n) is 30.3. The number of unbranched alkanes of at least 4 members (excludes halogenated alkanes) is 1. The van der Waals surface area contributed by atoms with Crippen LogP contribution in [0.15, 0.2) is 0 Å². The Morgan fingerprint density at radius 2 is 0.867 bits per heavy atom. The summed E-state index contributed by atoms with van der Waals surface area (Å²) >= 11 is 0. The molecular weight excluding hydrogens is 1180 g/mol. The molecule has 1 unspecified atom stereocenters. The first kappa shape index (κ1) is 101. The zero-order valence-electron chi connectivity index (χ0n) is 58.6. The number of ether oxygens (including phenoxy) is 10. The third kappa shape index (κ3) is 114. The van der Waals surface area contributed by atoms with Crippen molar-refractivity contribution < 1.29 is 106 Å². The van der Waals surface area contributed by atoms with E-state index in [1.165, 1.54) is 88.7 Å². The number of hydrogen-bond donors (Lipinski definition) is 3. The highest BCUT2D eigenvalue weighted by molar-refractivity contribution is 5.68. The number of esters is 9. The lowest BCUT2D eigenvalue weighted by atomic mass is 10.1. The van der Waals surface area contributed by atoms with Crippen molar-refractivity contribution in [2.75, 3.05) is 201 Å². The van der Waals surface area contributed by atoms with Gasteiger partial charge in [0.2, 0.25) is 0 Å². The van der Waals surface area contributed by atoms with Crippen LogP contribution in [0.25, 0.3) is 0 Å². The Bertz CT molecular complexity index is 1710. The van der Waals surface area contributed by atoms with Gasteiger partial charge in [-0.05, 0) is 128 Å². The first-order chi connectivity index (χ1) is 41.5. The van der Waals surface area contributed by atoms with Crippen LogP contribution in [0.3, 0.4) is 0 Å². The van der Waals surface area contributed by atoms with E-state index < -0.39 is 6.10 Å². The van der Waals surface area contributed by atoms with Crippen LogP contribution in [-0.2, 0) is 90.5 Å². The van der Waals surface area contributed by atoms with Crippen molar-refractivity contribution in [3.8, 4) is 0 Å². The first-order valence-corrected chi connectivity index (χ1v) is 30.3. The van der Waals surface area contributed by atoms with Gasteiger partial charge in [-0.25, -0.2) is 0 Å². The predicted molar refractivity (Wildman–Crippen MR) is 346 cm³/mol. The summed E-state index contributed by atoms with van der Waals surface area (Å²) in [5.74, 6) is -2.20. The van der Waals surface area contributed by atoms with Crippen LogP contribution >= 0.6 is 0 Å². The second kappa shape index (κ2) is 72.9. The van der Waals surface area contributed by atoms with E-state index in [4.69, 9.17) is 43.4 Å². The van der Waals surface area contributed by atoms with Crippen molar-refractivity contribution in [2.45, 2.75) is 154 Å². The van der Waals surface area contributed by atoms with Gasteiger partial charge in [-0.15, -0.1) is 0 Å². The maximum atomic E-state index is 10.5. The molecule has 90 heavy (non-hydrogen) atoms. The van der Waals surface area contributed by atoms with Gasteiger partial charge in [0.05, 0.1) is 46.8 Å². The van der Waals surface area contributed by atoms with Crippen molar-refractivity contribution in [3.63, 3.8) is 0 Å². The largest absolute Gasteiger partial charge is 0.469 e. The maximum absolute atomic E-state index is 10.5. The number of β-amino-alcohol motifs (C(OH)–C–C–N with tert-alkyl or cyclic N) is 1. The number of likely N-dealkylation sites (N-methyl/N-ethyl adjacent to an activating group) is 1. The smallest absolute Gasteiger partial charge is 0.303 e. The van der Waals surface area contributed by atoms with Crippen molar-refractivity contribution in [1.29, 1.82) is 0 Å². The monoisotopic (exact) mass is 1310 g/mol. The lowest BCUT2D eigenvalue weighted by Gasteiger charge is -2.28. The van der Waals surface area contributed by atoms with Crippen molar-refractivity contribution in [3.05, 3.63) is 0 Å². The van der Waals surface area contributed by atoms with Crippen molar-refractivity contribution in [1.82, 2.24) is 29.4 Å². The second-order valence-corrected chi connectivity index (χ2v) is 21.5. The van der Waals surface area contributed by atoms with E-state index >= 15 is 0 Å². The van der Waals surface area contributed by atoms with E-state index in [0.29, 0.717) is 52.7 Å². The highest BCUT2D eigenvalue weighted by atomic mass is 16.6. The molecule has 2 saturated heterocycles. The van der Waals surface area contributed by atoms with Gasteiger partial charge in [0.25, 0.3) is 0 Å². The molecule has 0 bridgehead atoms. The molecule has 3 N–H and O–H groups in total. The van der Waals surface area contributed by atoms with Crippen LogP contribution in [0.1, 0.15) is 142 Å². The maximum Gasteiger partial charge on any atom is 0.303 e. The van der Waals surface area contributed by atoms with Gasteiger partial charge < -0.3 is 82.3 Å². The van der Waals surface area contributed by atoms with Crippen LogP contribution in [0.5, 0.6) is 0 Å². The number of carbonyl (C=O) groups excluding carboxylic acids is 9. The molecule has 0 aromatic rings. The normalized spacial score (nSPS) is 12.6. The van der Waals surface area contributed by atoms with Gasteiger partial charge in [-0.2, -0.15) is 0 Å². The molecule has 0 amide bonds. The molecule has 0 aliphatic carbocycles. The summed E-state index contributed by atoms with van der Waals surface area (Å²) in [6, 6.07) is 0. The fourth-order valence-corrected chi connectivity index (χ4v) is 6.30. The molecule has 1 atom stereocenters. The minimum absolute atomic E-state index is 0. The van der Waals surface area contributed by atoms with Gasteiger partial charge in [0, 0.05) is 115 Å². The Balaban J connectivity index is -0.000000142. The van der Waals surface area contributed by atoms with Crippen LogP contribution < -0.4 is 0 Å². The van der Waals surface area contributed by atoms with E-state index in [1.807, 2.05) is 68.0 Å². The Morgan fingerprint density at radius 3 is 1.22 bits per heavy atom. The van der Waals surface area contributed by atoms with E-state index in [1.54, 1.807) is 0 Å². The molecule has 2 fully saturated rings. The Hall–Kier alpha value is -5.17. The number of methoxy groups -OCH3 is 1. The van der Waals surface area contributed by atoms with Crippen LogP contribution in [0.2, 0.25) is 0 Å². The van der Waals surface area contributed by atoms with Gasteiger partial charge in [-0.3, -0.25) is 53.0 Å². The highest BCUT2D eigenvalue weighted by Crippen LogP contribution is 2.09. The molecule has 0 aromatic carbocycles. The number of aliphatic hydroxyl groups excluding tert-OH is 3.